The minimum Gasteiger partial charge on any atom is -0.465 e. The van der Waals surface area contributed by atoms with E-state index in [9.17, 15) is 4.79 Å². The number of hydrogen-bond acceptors (Lipinski definition) is 2. The molecule has 0 radical (unpaired) electrons. The summed E-state index contributed by atoms with van der Waals surface area (Å²) in [5.74, 6) is -0.117. The summed E-state index contributed by atoms with van der Waals surface area (Å²) >= 11 is 0. The molecule has 0 atom stereocenters. The number of rotatable bonds is 10. The van der Waals surface area contributed by atoms with Gasteiger partial charge < -0.3 is 4.74 Å². The first-order valence-corrected chi connectivity index (χ1v) is 7.97. The smallest absolute Gasteiger partial charge is 0.311 e. The molecule has 2 heteroatoms. The van der Waals surface area contributed by atoms with Crippen molar-refractivity contribution in [2.24, 2.45) is 5.41 Å². The predicted molar refractivity (Wildman–Crippen MR) is 86.7 cm³/mol. The Morgan fingerprint density at radius 2 is 1.55 bits per heavy atom. The Kier molecular flexibility index (Phi) is 11.1. The van der Waals surface area contributed by atoms with Crippen molar-refractivity contribution in [1.29, 1.82) is 0 Å². The molecule has 20 heavy (non-hydrogen) atoms. The third-order valence-corrected chi connectivity index (χ3v) is 2.97. The molecular weight excluding hydrogens is 248 g/mol. The van der Waals surface area contributed by atoms with E-state index in [1.165, 1.54) is 32.1 Å². The van der Waals surface area contributed by atoms with Crippen LogP contribution in [-0.2, 0) is 9.53 Å². The van der Waals surface area contributed by atoms with Crippen LogP contribution in [0.25, 0.3) is 0 Å². The summed E-state index contributed by atoms with van der Waals surface area (Å²) in [5, 5.41) is 0. The lowest BCUT2D eigenvalue weighted by molar-refractivity contribution is -0.153. The monoisotopic (exact) mass is 280 g/mol. The highest BCUT2D eigenvalue weighted by atomic mass is 16.5. The fraction of sp³-hybridized carbons (Fsp3) is 0.722. The molecule has 0 heterocycles. The van der Waals surface area contributed by atoms with Crippen LogP contribution in [0.1, 0.15) is 72.6 Å². The van der Waals surface area contributed by atoms with Crippen LogP contribution in [0.5, 0.6) is 0 Å². The maximum Gasteiger partial charge on any atom is 0.311 e. The van der Waals surface area contributed by atoms with Crippen molar-refractivity contribution in [2.75, 3.05) is 6.61 Å². The van der Waals surface area contributed by atoms with E-state index in [-0.39, 0.29) is 5.97 Å². The molecule has 0 aromatic rings. The predicted octanol–water partition coefficient (Wildman–Crippen LogP) is 5.44. The van der Waals surface area contributed by atoms with Gasteiger partial charge in [0.1, 0.15) is 0 Å². The molecule has 0 spiro atoms. The van der Waals surface area contributed by atoms with E-state index in [2.05, 4.69) is 31.2 Å². The molecule has 0 aliphatic rings. The van der Waals surface area contributed by atoms with Gasteiger partial charge in [-0.15, -0.1) is 0 Å². The molecule has 0 bridgehead atoms. The van der Waals surface area contributed by atoms with E-state index < -0.39 is 5.41 Å². The van der Waals surface area contributed by atoms with Crippen molar-refractivity contribution in [3.63, 3.8) is 0 Å². The first kappa shape index (κ1) is 18.9. The van der Waals surface area contributed by atoms with Gasteiger partial charge in [-0.1, -0.05) is 50.5 Å². The van der Waals surface area contributed by atoms with E-state index in [0.29, 0.717) is 6.61 Å². The van der Waals surface area contributed by atoms with Gasteiger partial charge in [0.15, 0.2) is 0 Å². The van der Waals surface area contributed by atoms with Gasteiger partial charge in [-0.25, -0.2) is 0 Å². The van der Waals surface area contributed by atoms with Crippen LogP contribution in [0.15, 0.2) is 24.3 Å². The van der Waals surface area contributed by atoms with E-state index >= 15 is 0 Å². The zero-order valence-corrected chi connectivity index (χ0v) is 13.8. The Bertz CT molecular complexity index is 295. The molecule has 0 unspecified atom stereocenters. The van der Waals surface area contributed by atoms with Crippen LogP contribution in [0.3, 0.4) is 0 Å². The second kappa shape index (κ2) is 11.7. The number of hydrogen-bond donors (Lipinski definition) is 0. The van der Waals surface area contributed by atoms with Crippen molar-refractivity contribution in [1.82, 2.24) is 0 Å². The second-order valence-electron chi connectivity index (χ2n) is 6.23. The quantitative estimate of drug-likeness (QED) is 0.302. The molecule has 2 nitrogen and oxygen atoms in total. The van der Waals surface area contributed by atoms with Gasteiger partial charge in [-0.3, -0.25) is 4.79 Å². The molecule has 0 rings (SSSR count). The Labute approximate surface area is 125 Å². The lowest BCUT2D eigenvalue weighted by atomic mass is 9.97. The Morgan fingerprint density at radius 1 is 0.950 bits per heavy atom. The molecule has 0 aromatic heterocycles. The summed E-state index contributed by atoms with van der Waals surface area (Å²) in [5.41, 5.74) is -0.393. The van der Waals surface area contributed by atoms with Crippen LogP contribution in [0.2, 0.25) is 0 Å². The fourth-order valence-corrected chi connectivity index (χ4v) is 1.62. The zero-order valence-electron chi connectivity index (χ0n) is 13.8. The summed E-state index contributed by atoms with van der Waals surface area (Å²) in [4.78, 5) is 11.5. The van der Waals surface area contributed by atoms with Crippen LogP contribution in [-0.4, -0.2) is 12.6 Å². The molecule has 116 valence electrons. The summed E-state index contributed by atoms with van der Waals surface area (Å²) in [6, 6.07) is 0. The highest BCUT2D eigenvalue weighted by molar-refractivity contribution is 5.75. The van der Waals surface area contributed by atoms with Gasteiger partial charge >= 0.3 is 5.97 Å². The largest absolute Gasteiger partial charge is 0.465 e. The van der Waals surface area contributed by atoms with Crippen molar-refractivity contribution < 1.29 is 9.53 Å². The van der Waals surface area contributed by atoms with Crippen LogP contribution in [0.4, 0.5) is 0 Å². The molecule has 0 aliphatic carbocycles. The number of carbonyl (C=O) groups is 1. The van der Waals surface area contributed by atoms with Crippen LogP contribution >= 0.6 is 0 Å². The Morgan fingerprint density at radius 3 is 2.10 bits per heavy atom. The third-order valence-electron chi connectivity index (χ3n) is 2.97. The third kappa shape index (κ3) is 12.0. The molecule has 0 aliphatic heterocycles. The number of ether oxygens (including phenoxy) is 1. The fourth-order valence-electron chi connectivity index (χ4n) is 1.62. The highest BCUT2D eigenvalue weighted by Gasteiger charge is 2.22. The normalized spacial score (nSPS) is 12.4. The average molecular weight is 280 g/mol. The SMILES string of the molecule is CCCCCC/C=C/C=C/CCCOC(=O)C(C)(C)C. The number of unbranched alkanes of at least 4 members (excludes halogenated alkanes) is 5. The average Bonchev–Trinajstić information content (AvgIpc) is 2.38. The summed E-state index contributed by atoms with van der Waals surface area (Å²) in [6.45, 7) is 8.38. The van der Waals surface area contributed by atoms with Gasteiger partial charge in [0.25, 0.3) is 0 Å². The van der Waals surface area contributed by atoms with Gasteiger partial charge in [-0.05, 0) is 46.5 Å². The molecule has 0 fully saturated rings. The Balaban J connectivity index is 3.44. The first-order chi connectivity index (χ1) is 9.48. The van der Waals surface area contributed by atoms with Crippen molar-refractivity contribution >= 4 is 5.97 Å². The Hall–Kier alpha value is -1.05. The minimum atomic E-state index is -0.393. The first-order valence-electron chi connectivity index (χ1n) is 7.97. The molecule has 0 aromatic carbocycles. The van der Waals surface area contributed by atoms with E-state index in [1.54, 1.807) is 0 Å². The zero-order chi connectivity index (χ0) is 15.3. The van der Waals surface area contributed by atoms with Gasteiger partial charge in [0.05, 0.1) is 12.0 Å². The summed E-state index contributed by atoms with van der Waals surface area (Å²) in [7, 11) is 0. The molecular formula is C18H32O2. The van der Waals surface area contributed by atoms with Crippen molar-refractivity contribution in [3.05, 3.63) is 24.3 Å². The van der Waals surface area contributed by atoms with Gasteiger partial charge in [-0.2, -0.15) is 0 Å². The lowest BCUT2D eigenvalue weighted by Crippen LogP contribution is -2.23. The molecule has 0 N–H and O–H groups in total. The topological polar surface area (TPSA) is 26.3 Å². The molecule has 0 saturated carbocycles. The maximum absolute atomic E-state index is 11.5. The van der Waals surface area contributed by atoms with E-state index in [1.807, 2.05) is 20.8 Å². The molecule has 0 saturated heterocycles. The van der Waals surface area contributed by atoms with Crippen LogP contribution < -0.4 is 0 Å². The number of allylic oxidation sites excluding steroid dienone is 4. The van der Waals surface area contributed by atoms with E-state index in [4.69, 9.17) is 4.74 Å². The van der Waals surface area contributed by atoms with E-state index in [0.717, 1.165) is 12.8 Å². The standard InChI is InChI=1S/C18H32O2/c1-5-6-7-8-9-10-11-12-13-14-15-16-20-17(19)18(2,3)4/h10-13H,5-9,14-16H2,1-4H3/b11-10+,13-12+. The summed E-state index contributed by atoms with van der Waals surface area (Å²) in [6.07, 6.45) is 16.9. The lowest BCUT2D eigenvalue weighted by Gasteiger charge is -2.16. The highest BCUT2D eigenvalue weighted by Crippen LogP contribution is 2.15. The molecule has 0 amide bonds. The number of esters is 1. The number of carbonyl (C=O) groups excluding carboxylic acids is 1. The summed E-state index contributed by atoms with van der Waals surface area (Å²) < 4.78 is 5.20. The van der Waals surface area contributed by atoms with Gasteiger partial charge in [0, 0.05) is 0 Å². The van der Waals surface area contributed by atoms with Crippen LogP contribution in [0, 0.1) is 5.41 Å². The van der Waals surface area contributed by atoms with Crippen molar-refractivity contribution in [2.45, 2.75) is 72.6 Å². The van der Waals surface area contributed by atoms with Gasteiger partial charge in [0.2, 0.25) is 0 Å². The van der Waals surface area contributed by atoms with Crippen molar-refractivity contribution in [3.8, 4) is 0 Å². The maximum atomic E-state index is 11.5. The minimum absolute atomic E-state index is 0.117. The second-order valence-corrected chi connectivity index (χ2v) is 6.23.